The van der Waals surface area contributed by atoms with E-state index < -0.39 is 0 Å². The number of hydrogen-bond donors (Lipinski definition) is 3. The van der Waals surface area contributed by atoms with Crippen LogP contribution in [-0.2, 0) is 0 Å². The number of pyridine rings is 1. The normalized spacial score (nSPS) is 9.62. The van der Waals surface area contributed by atoms with Gasteiger partial charge in [-0.3, -0.25) is 4.79 Å². The van der Waals surface area contributed by atoms with E-state index >= 15 is 0 Å². The monoisotopic (exact) mass is 282 g/mol. The highest BCUT2D eigenvalue weighted by molar-refractivity contribution is 6.04. The van der Waals surface area contributed by atoms with Crippen LogP contribution in [0.15, 0.2) is 36.4 Å². The van der Waals surface area contributed by atoms with Gasteiger partial charge in [-0.05, 0) is 48.7 Å². The standard InChI is InChI=1S/C16H14N2O3/c1-11-10-12(7-8-14(11)20)16(21)18-15-6-2-4-13(17-15)5-3-9-19/h2,4,6-8,10,19-20H,9H2,1H3,(H,17,18,21). The molecule has 0 saturated carbocycles. The summed E-state index contributed by atoms with van der Waals surface area (Å²) >= 11 is 0. The van der Waals surface area contributed by atoms with Gasteiger partial charge >= 0.3 is 0 Å². The molecule has 21 heavy (non-hydrogen) atoms. The van der Waals surface area contributed by atoms with Crippen molar-refractivity contribution in [3.05, 3.63) is 53.2 Å². The van der Waals surface area contributed by atoms with E-state index in [0.29, 0.717) is 22.6 Å². The van der Waals surface area contributed by atoms with Crippen molar-refractivity contribution in [3.8, 4) is 17.6 Å². The molecular formula is C16H14N2O3. The van der Waals surface area contributed by atoms with E-state index in [2.05, 4.69) is 22.1 Å². The summed E-state index contributed by atoms with van der Waals surface area (Å²) in [7, 11) is 0. The lowest BCUT2D eigenvalue weighted by molar-refractivity contribution is 0.102. The molecule has 0 aliphatic carbocycles. The van der Waals surface area contributed by atoms with Gasteiger partial charge in [0.2, 0.25) is 0 Å². The summed E-state index contributed by atoms with van der Waals surface area (Å²) in [5.41, 5.74) is 1.51. The highest BCUT2D eigenvalue weighted by Gasteiger charge is 2.08. The summed E-state index contributed by atoms with van der Waals surface area (Å²) < 4.78 is 0. The minimum atomic E-state index is -0.321. The molecule has 1 aromatic heterocycles. The molecule has 2 rings (SSSR count). The SMILES string of the molecule is Cc1cc(C(=O)Nc2cccc(C#CCO)n2)ccc1O. The smallest absolute Gasteiger partial charge is 0.256 e. The Morgan fingerprint density at radius 3 is 2.86 bits per heavy atom. The van der Waals surface area contributed by atoms with Gasteiger partial charge in [-0.25, -0.2) is 4.98 Å². The van der Waals surface area contributed by atoms with Crippen molar-refractivity contribution in [2.24, 2.45) is 0 Å². The molecule has 106 valence electrons. The van der Waals surface area contributed by atoms with Gasteiger partial charge in [0.15, 0.2) is 0 Å². The van der Waals surface area contributed by atoms with Crippen LogP contribution in [0.25, 0.3) is 0 Å². The van der Waals surface area contributed by atoms with E-state index in [1.54, 1.807) is 31.2 Å². The average molecular weight is 282 g/mol. The van der Waals surface area contributed by atoms with Crippen molar-refractivity contribution >= 4 is 11.7 Å². The fourth-order valence-corrected chi connectivity index (χ4v) is 1.69. The topological polar surface area (TPSA) is 82.5 Å². The van der Waals surface area contributed by atoms with Crippen LogP contribution in [-0.4, -0.2) is 27.7 Å². The van der Waals surface area contributed by atoms with Crippen LogP contribution in [0.4, 0.5) is 5.82 Å². The minimum absolute atomic E-state index is 0.144. The number of hydrogen-bond acceptors (Lipinski definition) is 4. The molecule has 1 amide bonds. The number of carbonyl (C=O) groups excluding carboxylic acids is 1. The van der Waals surface area contributed by atoms with Crippen molar-refractivity contribution in [3.63, 3.8) is 0 Å². The molecule has 1 aromatic carbocycles. The number of aliphatic hydroxyl groups is 1. The molecule has 0 spiro atoms. The number of carbonyl (C=O) groups is 1. The van der Waals surface area contributed by atoms with Gasteiger partial charge in [0, 0.05) is 5.56 Å². The predicted molar refractivity (Wildman–Crippen MR) is 79.0 cm³/mol. The first kappa shape index (κ1) is 14.6. The second-order valence-electron chi connectivity index (χ2n) is 4.32. The second kappa shape index (κ2) is 6.55. The number of phenols is 1. The molecule has 0 saturated heterocycles. The lowest BCUT2D eigenvalue weighted by Gasteiger charge is -2.06. The van der Waals surface area contributed by atoms with Crippen LogP contribution in [0, 0.1) is 18.8 Å². The van der Waals surface area contributed by atoms with Gasteiger partial charge in [0.25, 0.3) is 5.91 Å². The molecule has 0 unspecified atom stereocenters. The van der Waals surface area contributed by atoms with Gasteiger partial charge in [0.05, 0.1) is 0 Å². The van der Waals surface area contributed by atoms with E-state index in [0.717, 1.165) is 0 Å². The summed E-state index contributed by atoms with van der Waals surface area (Å²) in [6.45, 7) is 1.47. The van der Waals surface area contributed by atoms with Crippen LogP contribution in [0.5, 0.6) is 5.75 Å². The lowest BCUT2D eigenvalue weighted by atomic mass is 10.1. The fraction of sp³-hybridized carbons (Fsp3) is 0.125. The Morgan fingerprint density at radius 2 is 2.14 bits per heavy atom. The van der Waals surface area contributed by atoms with Crippen LogP contribution < -0.4 is 5.32 Å². The molecule has 0 aliphatic heterocycles. The van der Waals surface area contributed by atoms with E-state index in [1.807, 2.05) is 0 Å². The molecular weight excluding hydrogens is 268 g/mol. The lowest BCUT2D eigenvalue weighted by Crippen LogP contribution is -2.13. The van der Waals surface area contributed by atoms with E-state index in [-0.39, 0.29) is 18.3 Å². The molecule has 0 fully saturated rings. The average Bonchev–Trinajstić information content (AvgIpc) is 2.48. The number of aromatic hydroxyl groups is 1. The summed E-state index contributed by atoms with van der Waals surface area (Å²) in [6, 6.07) is 9.65. The van der Waals surface area contributed by atoms with E-state index in [4.69, 9.17) is 5.11 Å². The number of aromatic nitrogens is 1. The van der Waals surface area contributed by atoms with E-state index in [9.17, 15) is 9.90 Å². The van der Waals surface area contributed by atoms with Crippen molar-refractivity contribution in [1.82, 2.24) is 4.98 Å². The van der Waals surface area contributed by atoms with Crippen LogP contribution in [0.3, 0.4) is 0 Å². The number of aliphatic hydroxyl groups excluding tert-OH is 1. The Balaban J connectivity index is 2.17. The second-order valence-corrected chi connectivity index (χ2v) is 4.32. The summed E-state index contributed by atoms with van der Waals surface area (Å²) in [6.07, 6.45) is 0. The molecule has 5 heteroatoms. The molecule has 0 aliphatic rings. The first-order chi connectivity index (χ1) is 10.1. The molecule has 0 atom stereocenters. The molecule has 2 aromatic rings. The quantitative estimate of drug-likeness (QED) is 0.732. The van der Waals surface area contributed by atoms with Crippen molar-refractivity contribution in [2.75, 3.05) is 11.9 Å². The van der Waals surface area contributed by atoms with Crippen LogP contribution >= 0.6 is 0 Å². The summed E-state index contributed by atoms with van der Waals surface area (Å²) in [4.78, 5) is 16.2. The summed E-state index contributed by atoms with van der Waals surface area (Å²) in [5.74, 6) is 5.36. The molecule has 0 bridgehead atoms. The maximum atomic E-state index is 12.1. The minimum Gasteiger partial charge on any atom is -0.508 e. The maximum absolute atomic E-state index is 12.1. The van der Waals surface area contributed by atoms with Gasteiger partial charge in [-0.1, -0.05) is 12.0 Å². The first-order valence-electron chi connectivity index (χ1n) is 6.28. The van der Waals surface area contributed by atoms with Gasteiger partial charge in [-0.2, -0.15) is 0 Å². The number of amides is 1. The molecule has 3 N–H and O–H groups in total. The first-order valence-corrected chi connectivity index (χ1v) is 6.28. The Bertz CT molecular complexity index is 730. The third-order valence-electron chi connectivity index (χ3n) is 2.75. The Labute approximate surface area is 122 Å². The van der Waals surface area contributed by atoms with Crippen LogP contribution in [0.2, 0.25) is 0 Å². The maximum Gasteiger partial charge on any atom is 0.256 e. The van der Waals surface area contributed by atoms with Crippen molar-refractivity contribution < 1.29 is 15.0 Å². The van der Waals surface area contributed by atoms with Gasteiger partial charge in [-0.15, -0.1) is 0 Å². The number of nitrogens with zero attached hydrogens (tertiary/aromatic N) is 1. The summed E-state index contributed by atoms with van der Waals surface area (Å²) in [5, 5.41) is 20.8. The third-order valence-corrected chi connectivity index (χ3v) is 2.75. The van der Waals surface area contributed by atoms with Gasteiger partial charge < -0.3 is 15.5 Å². The number of aryl methyl sites for hydroxylation is 1. The zero-order chi connectivity index (χ0) is 15.2. The zero-order valence-electron chi connectivity index (χ0n) is 11.4. The number of rotatable bonds is 2. The Kier molecular flexibility index (Phi) is 4.54. The highest BCUT2D eigenvalue weighted by Crippen LogP contribution is 2.17. The molecule has 0 radical (unpaired) electrons. The number of phenolic OH excluding ortho intramolecular Hbond substituents is 1. The zero-order valence-corrected chi connectivity index (χ0v) is 11.4. The Morgan fingerprint density at radius 1 is 1.33 bits per heavy atom. The highest BCUT2D eigenvalue weighted by atomic mass is 16.3. The van der Waals surface area contributed by atoms with E-state index in [1.165, 1.54) is 12.1 Å². The number of anilines is 1. The molecule has 1 heterocycles. The fourth-order valence-electron chi connectivity index (χ4n) is 1.69. The van der Waals surface area contributed by atoms with Crippen molar-refractivity contribution in [1.29, 1.82) is 0 Å². The molecule has 5 nitrogen and oxygen atoms in total. The van der Waals surface area contributed by atoms with Crippen LogP contribution in [0.1, 0.15) is 21.6 Å². The largest absolute Gasteiger partial charge is 0.508 e. The number of benzene rings is 1. The Hall–Kier alpha value is -2.84. The van der Waals surface area contributed by atoms with Crippen molar-refractivity contribution in [2.45, 2.75) is 6.92 Å². The number of nitrogens with one attached hydrogen (secondary N) is 1. The third kappa shape index (κ3) is 3.81. The predicted octanol–water partition coefficient (Wildman–Crippen LogP) is 1.69. The van der Waals surface area contributed by atoms with Gasteiger partial charge in [0.1, 0.15) is 23.9 Å².